The molecule has 2 heterocycles. The molecule has 1 saturated heterocycles. The molecule has 0 bridgehead atoms. The Bertz CT molecular complexity index is 372. The highest BCUT2D eigenvalue weighted by molar-refractivity contribution is 5.83. The first-order chi connectivity index (χ1) is 8.08. The number of aromatic nitrogens is 1. The summed E-state index contributed by atoms with van der Waals surface area (Å²) in [6.07, 6.45) is 2.81. The third kappa shape index (κ3) is 2.69. The van der Waals surface area contributed by atoms with Gasteiger partial charge in [-0.15, -0.1) is 0 Å². The summed E-state index contributed by atoms with van der Waals surface area (Å²) >= 11 is 0. The molecule has 0 radical (unpaired) electrons. The smallest absolute Gasteiger partial charge is 0.237 e. The van der Waals surface area contributed by atoms with Crippen molar-refractivity contribution in [3.05, 3.63) is 24.0 Å². The second-order valence-corrected chi connectivity index (χ2v) is 5.27. The number of carbonyl (C=O) groups is 1. The number of hydrogen-bond acceptors (Lipinski definition) is 2. The number of likely N-dealkylation sites (N-methyl/N-ethyl adjacent to an activating group) is 1. The summed E-state index contributed by atoms with van der Waals surface area (Å²) in [5.41, 5.74) is 1.08. The minimum atomic E-state index is 0.0150. The van der Waals surface area contributed by atoms with Gasteiger partial charge in [0.2, 0.25) is 5.91 Å². The van der Waals surface area contributed by atoms with Crippen LogP contribution >= 0.6 is 0 Å². The Kier molecular flexibility index (Phi) is 3.52. The van der Waals surface area contributed by atoms with Crippen molar-refractivity contribution in [2.24, 2.45) is 5.92 Å². The number of rotatable bonds is 3. The third-order valence-electron chi connectivity index (χ3n) is 3.31. The quantitative estimate of drug-likeness (QED) is 0.834. The molecule has 0 spiro atoms. The fraction of sp³-hybridized carbons (Fsp3) is 0.615. The van der Waals surface area contributed by atoms with Crippen molar-refractivity contribution >= 4 is 5.91 Å². The molecule has 0 saturated carbocycles. The summed E-state index contributed by atoms with van der Waals surface area (Å²) in [7, 11) is 2.03. The number of carbonyl (C=O) groups excluding carboxylic acids is 1. The number of nitrogens with zero attached hydrogens (tertiary/aromatic N) is 1. The number of aromatic amines is 1. The highest BCUT2D eigenvalue weighted by atomic mass is 16.2. The molecule has 94 valence electrons. The standard InChI is InChI=1S/C13H21N3O/c1-9(2)7-12-13(17)15-11(8-16(12)3)10-5-4-6-14-10/h4-6,9,11-12,14H,7-8H2,1-3H3,(H,15,17)/t11-,12?/m0/s1. The zero-order valence-corrected chi connectivity index (χ0v) is 10.7. The van der Waals surface area contributed by atoms with Crippen molar-refractivity contribution in [2.75, 3.05) is 13.6 Å². The maximum absolute atomic E-state index is 12.1. The predicted molar refractivity (Wildman–Crippen MR) is 67.5 cm³/mol. The molecule has 1 aliphatic heterocycles. The lowest BCUT2D eigenvalue weighted by molar-refractivity contribution is -0.130. The van der Waals surface area contributed by atoms with Crippen LogP contribution in [0, 0.1) is 5.92 Å². The van der Waals surface area contributed by atoms with Gasteiger partial charge in [0.05, 0.1) is 12.1 Å². The monoisotopic (exact) mass is 235 g/mol. The predicted octanol–water partition coefficient (Wildman–Crippen LogP) is 1.53. The van der Waals surface area contributed by atoms with E-state index in [9.17, 15) is 4.79 Å². The molecule has 1 aromatic rings. The Morgan fingerprint density at radius 2 is 2.29 bits per heavy atom. The second-order valence-electron chi connectivity index (χ2n) is 5.27. The van der Waals surface area contributed by atoms with Gasteiger partial charge in [0.25, 0.3) is 0 Å². The highest BCUT2D eigenvalue weighted by Gasteiger charge is 2.33. The van der Waals surface area contributed by atoms with Crippen LogP contribution in [0.5, 0.6) is 0 Å². The fourth-order valence-electron chi connectivity index (χ4n) is 2.40. The molecule has 2 atom stereocenters. The van der Waals surface area contributed by atoms with Crippen molar-refractivity contribution < 1.29 is 4.79 Å². The maximum atomic E-state index is 12.1. The zero-order valence-electron chi connectivity index (χ0n) is 10.7. The van der Waals surface area contributed by atoms with Gasteiger partial charge in [0.15, 0.2) is 0 Å². The molecular formula is C13H21N3O. The van der Waals surface area contributed by atoms with Crippen LogP contribution in [0.25, 0.3) is 0 Å². The Hall–Kier alpha value is -1.29. The van der Waals surface area contributed by atoms with Crippen molar-refractivity contribution in [1.29, 1.82) is 0 Å². The van der Waals surface area contributed by atoms with Gasteiger partial charge >= 0.3 is 0 Å². The minimum absolute atomic E-state index is 0.0150. The first-order valence-electron chi connectivity index (χ1n) is 6.22. The van der Waals surface area contributed by atoms with Crippen molar-refractivity contribution in [3.63, 3.8) is 0 Å². The Balaban J connectivity index is 2.05. The molecule has 4 heteroatoms. The Labute approximate surface area is 102 Å². The molecule has 1 fully saturated rings. The first-order valence-corrected chi connectivity index (χ1v) is 6.22. The van der Waals surface area contributed by atoms with E-state index in [1.54, 1.807) is 0 Å². The topological polar surface area (TPSA) is 48.1 Å². The van der Waals surface area contributed by atoms with Crippen LogP contribution in [-0.4, -0.2) is 35.4 Å². The summed E-state index contributed by atoms with van der Waals surface area (Å²) in [5, 5.41) is 3.09. The molecule has 2 N–H and O–H groups in total. The summed E-state index contributed by atoms with van der Waals surface area (Å²) in [4.78, 5) is 17.4. The van der Waals surface area contributed by atoms with E-state index in [4.69, 9.17) is 0 Å². The van der Waals surface area contributed by atoms with Gasteiger partial charge < -0.3 is 10.3 Å². The lowest BCUT2D eigenvalue weighted by Crippen LogP contribution is -2.55. The zero-order chi connectivity index (χ0) is 12.4. The molecule has 1 aliphatic rings. The van der Waals surface area contributed by atoms with E-state index in [1.807, 2.05) is 25.4 Å². The molecule has 4 nitrogen and oxygen atoms in total. The van der Waals surface area contributed by atoms with Gasteiger partial charge in [0.1, 0.15) is 0 Å². The van der Waals surface area contributed by atoms with Gasteiger partial charge in [-0.1, -0.05) is 13.8 Å². The van der Waals surface area contributed by atoms with Crippen LogP contribution in [0.1, 0.15) is 32.0 Å². The number of hydrogen-bond donors (Lipinski definition) is 2. The molecule has 17 heavy (non-hydrogen) atoms. The van der Waals surface area contributed by atoms with Crippen LogP contribution in [0.4, 0.5) is 0 Å². The lowest BCUT2D eigenvalue weighted by Gasteiger charge is -2.37. The first kappa shape index (κ1) is 12.2. The number of nitrogens with one attached hydrogen (secondary N) is 2. The Morgan fingerprint density at radius 1 is 1.53 bits per heavy atom. The van der Waals surface area contributed by atoms with Crippen LogP contribution in [-0.2, 0) is 4.79 Å². The summed E-state index contributed by atoms with van der Waals surface area (Å²) < 4.78 is 0. The van der Waals surface area contributed by atoms with Gasteiger partial charge in [0, 0.05) is 18.4 Å². The van der Waals surface area contributed by atoms with E-state index in [0.717, 1.165) is 18.7 Å². The Morgan fingerprint density at radius 3 is 2.82 bits per heavy atom. The molecule has 0 aromatic carbocycles. The average Bonchev–Trinajstić information content (AvgIpc) is 2.76. The molecule has 1 aromatic heterocycles. The molecular weight excluding hydrogens is 214 g/mol. The third-order valence-corrected chi connectivity index (χ3v) is 3.31. The summed E-state index contributed by atoms with van der Waals surface area (Å²) in [5.74, 6) is 0.683. The van der Waals surface area contributed by atoms with E-state index in [-0.39, 0.29) is 18.0 Å². The van der Waals surface area contributed by atoms with E-state index >= 15 is 0 Å². The number of H-pyrrole nitrogens is 1. The largest absolute Gasteiger partial charge is 0.363 e. The molecule has 0 aliphatic carbocycles. The van der Waals surface area contributed by atoms with Gasteiger partial charge in [-0.25, -0.2) is 0 Å². The summed E-state index contributed by atoms with van der Waals surface area (Å²) in [6, 6.07) is 4.08. The van der Waals surface area contributed by atoms with Crippen LogP contribution < -0.4 is 5.32 Å². The van der Waals surface area contributed by atoms with E-state index in [2.05, 4.69) is 29.0 Å². The SMILES string of the molecule is CC(C)CC1C(=O)N[C@H](c2ccc[nH]2)CN1C. The van der Waals surface area contributed by atoms with Gasteiger partial charge in [-0.05, 0) is 31.5 Å². The van der Waals surface area contributed by atoms with Crippen LogP contribution in [0.15, 0.2) is 18.3 Å². The van der Waals surface area contributed by atoms with Gasteiger partial charge in [-0.2, -0.15) is 0 Å². The lowest BCUT2D eigenvalue weighted by atomic mass is 9.98. The van der Waals surface area contributed by atoms with E-state index < -0.39 is 0 Å². The van der Waals surface area contributed by atoms with Crippen LogP contribution in [0.3, 0.4) is 0 Å². The summed E-state index contributed by atoms with van der Waals surface area (Å²) in [6.45, 7) is 5.17. The average molecular weight is 235 g/mol. The highest BCUT2D eigenvalue weighted by Crippen LogP contribution is 2.21. The van der Waals surface area contributed by atoms with Crippen LogP contribution in [0.2, 0.25) is 0 Å². The van der Waals surface area contributed by atoms with Crippen molar-refractivity contribution in [2.45, 2.75) is 32.4 Å². The van der Waals surface area contributed by atoms with E-state index in [0.29, 0.717) is 5.92 Å². The maximum Gasteiger partial charge on any atom is 0.237 e. The second kappa shape index (κ2) is 4.92. The molecule has 2 rings (SSSR count). The van der Waals surface area contributed by atoms with E-state index in [1.165, 1.54) is 0 Å². The van der Waals surface area contributed by atoms with Crippen molar-refractivity contribution in [3.8, 4) is 0 Å². The molecule has 1 amide bonds. The molecule has 1 unspecified atom stereocenters. The fourth-order valence-corrected chi connectivity index (χ4v) is 2.40. The normalized spacial score (nSPS) is 26.2. The van der Waals surface area contributed by atoms with Crippen molar-refractivity contribution in [1.82, 2.24) is 15.2 Å². The number of piperazine rings is 1. The van der Waals surface area contributed by atoms with Gasteiger partial charge in [-0.3, -0.25) is 9.69 Å². The minimum Gasteiger partial charge on any atom is -0.363 e. The number of amides is 1.